The summed E-state index contributed by atoms with van der Waals surface area (Å²) >= 11 is 0. The SMILES string of the molecule is c1ccc(Cc2cc3c4c(ccc3c3ccc(-c5nccc6ccccc56)cc23)C(Cc2ccccc2)CCC4Cc2ccccc2)cc1. The molecule has 236 valence electrons. The highest BCUT2D eigenvalue weighted by molar-refractivity contribution is 6.12. The van der Waals surface area contributed by atoms with Gasteiger partial charge in [-0.15, -0.1) is 0 Å². The minimum Gasteiger partial charge on any atom is -0.256 e. The Hall–Kier alpha value is -5.53. The molecule has 0 N–H and O–H groups in total. The van der Waals surface area contributed by atoms with Crippen LogP contribution in [0.4, 0.5) is 0 Å². The molecule has 0 saturated heterocycles. The van der Waals surface area contributed by atoms with E-state index in [-0.39, 0.29) is 0 Å². The Morgan fingerprint density at radius 2 is 1.08 bits per heavy atom. The van der Waals surface area contributed by atoms with Gasteiger partial charge in [0.05, 0.1) is 5.69 Å². The van der Waals surface area contributed by atoms with Crippen LogP contribution in [0.3, 0.4) is 0 Å². The van der Waals surface area contributed by atoms with Crippen LogP contribution in [0.15, 0.2) is 164 Å². The normalized spacial score (nSPS) is 15.8. The number of benzene rings is 7. The molecule has 1 aliphatic rings. The number of aromatic nitrogens is 1. The number of hydrogen-bond donors (Lipinski definition) is 0. The minimum absolute atomic E-state index is 0.481. The summed E-state index contributed by atoms with van der Waals surface area (Å²) in [5, 5.41) is 7.86. The van der Waals surface area contributed by atoms with Gasteiger partial charge in [-0.25, -0.2) is 0 Å². The Kier molecular flexibility index (Phi) is 7.75. The maximum atomic E-state index is 4.91. The van der Waals surface area contributed by atoms with Gasteiger partial charge in [-0.05, 0) is 122 Å². The highest BCUT2D eigenvalue weighted by Gasteiger charge is 2.30. The van der Waals surface area contributed by atoms with E-state index in [1.54, 1.807) is 11.1 Å². The van der Waals surface area contributed by atoms with Crippen molar-refractivity contribution in [2.24, 2.45) is 0 Å². The molecule has 1 heteroatoms. The highest BCUT2D eigenvalue weighted by atomic mass is 14.7. The smallest absolute Gasteiger partial charge is 0.0780 e. The third-order valence-electron chi connectivity index (χ3n) is 10.8. The maximum absolute atomic E-state index is 4.91. The van der Waals surface area contributed by atoms with Crippen LogP contribution in [-0.4, -0.2) is 4.98 Å². The van der Waals surface area contributed by atoms with Crippen LogP contribution in [-0.2, 0) is 19.3 Å². The molecule has 0 bridgehead atoms. The largest absolute Gasteiger partial charge is 0.256 e. The first-order valence-electron chi connectivity index (χ1n) is 17.8. The maximum Gasteiger partial charge on any atom is 0.0780 e. The summed E-state index contributed by atoms with van der Waals surface area (Å²) in [5.74, 6) is 0.996. The lowest BCUT2D eigenvalue weighted by molar-refractivity contribution is 0.481. The predicted molar refractivity (Wildman–Crippen MR) is 206 cm³/mol. The summed E-state index contributed by atoms with van der Waals surface area (Å²) < 4.78 is 0. The molecule has 1 nitrogen and oxygen atoms in total. The van der Waals surface area contributed by atoms with Gasteiger partial charge in [-0.1, -0.05) is 140 Å². The monoisotopic (exact) mass is 629 g/mol. The van der Waals surface area contributed by atoms with Gasteiger partial charge in [0, 0.05) is 17.1 Å². The Morgan fingerprint density at radius 3 is 1.84 bits per heavy atom. The fraction of sp³-hybridized carbons (Fsp3) is 0.146. The second-order valence-corrected chi connectivity index (χ2v) is 13.9. The molecule has 0 saturated carbocycles. The molecule has 8 aromatic rings. The summed E-state index contributed by atoms with van der Waals surface area (Å²) in [4.78, 5) is 4.91. The number of hydrogen-bond acceptors (Lipinski definition) is 1. The lowest BCUT2D eigenvalue weighted by Gasteiger charge is -2.34. The van der Waals surface area contributed by atoms with Crippen LogP contribution in [0.25, 0.3) is 43.6 Å². The van der Waals surface area contributed by atoms with Crippen LogP contribution in [0, 0.1) is 0 Å². The van der Waals surface area contributed by atoms with Crippen LogP contribution >= 0.6 is 0 Å². The molecule has 1 heterocycles. The molecular formula is C48H39N. The average molecular weight is 630 g/mol. The van der Waals surface area contributed by atoms with E-state index in [1.807, 2.05) is 6.20 Å². The Bertz CT molecular complexity index is 2410. The van der Waals surface area contributed by atoms with Gasteiger partial charge >= 0.3 is 0 Å². The van der Waals surface area contributed by atoms with Crippen LogP contribution < -0.4 is 0 Å². The van der Waals surface area contributed by atoms with Crippen molar-refractivity contribution in [2.45, 2.75) is 43.9 Å². The van der Waals surface area contributed by atoms with Gasteiger partial charge in [-0.3, -0.25) is 4.98 Å². The second-order valence-electron chi connectivity index (χ2n) is 13.9. The first-order chi connectivity index (χ1) is 24.3. The molecule has 1 aliphatic carbocycles. The zero-order valence-electron chi connectivity index (χ0n) is 27.7. The highest BCUT2D eigenvalue weighted by Crippen LogP contribution is 2.47. The van der Waals surface area contributed by atoms with Gasteiger partial charge < -0.3 is 0 Å². The third-order valence-corrected chi connectivity index (χ3v) is 10.8. The minimum atomic E-state index is 0.481. The fourth-order valence-corrected chi connectivity index (χ4v) is 8.53. The standard InChI is InChI=1S/C48H39N/c1-4-12-33(13-5-1)28-37-20-21-38(29-34-14-6-2-7-15-34)47-41(37)24-25-44-43-23-22-39(48-42-19-11-10-18-36(42)26-27-49-48)31-45(43)40(32-46(44)47)30-35-16-8-3-9-17-35/h1-19,22-27,31-32,37-38H,20-21,28-30H2. The second kappa shape index (κ2) is 12.8. The van der Waals surface area contributed by atoms with Gasteiger partial charge in [0.15, 0.2) is 0 Å². The van der Waals surface area contributed by atoms with E-state index in [4.69, 9.17) is 4.98 Å². The van der Waals surface area contributed by atoms with E-state index >= 15 is 0 Å². The van der Waals surface area contributed by atoms with Gasteiger partial charge in [0.25, 0.3) is 0 Å². The lowest BCUT2D eigenvalue weighted by Crippen LogP contribution is -2.18. The van der Waals surface area contributed by atoms with E-state index in [2.05, 4.69) is 158 Å². The number of fused-ring (bicyclic) bond motifs is 6. The first kappa shape index (κ1) is 29.6. The van der Waals surface area contributed by atoms with Crippen molar-refractivity contribution >= 4 is 32.3 Å². The predicted octanol–water partition coefficient (Wildman–Crippen LogP) is 12.2. The van der Waals surface area contributed by atoms with E-state index in [0.29, 0.717) is 11.8 Å². The van der Waals surface area contributed by atoms with Crippen LogP contribution in [0.5, 0.6) is 0 Å². The number of rotatable bonds is 7. The Labute approximate surface area is 288 Å². The van der Waals surface area contributed by atoms with Crippen molar-refractivity contribution in [3.8, 4) is 11.3 Å². The molecule has 0 spiro atoms. The summed E-state index contributed by atoms with van der Waals surface area (Å²) in [7, 11) is 0. The van der Waals surface area contributed by atoms with Gasteiger partial charge in [0.1, 0.15) is 0 Å². The molecule has 0 fully saturated rings. The average Bonchev–Trinajstić information content (AvgIpc) is 3.16. The van der Waals surface area contributed by atoms with E-state index in [9.17, 15) is 0 Å². The van der Waals surface area contributed by atoms with Crippen molar-refractivity contribution in [1.82, 2.24) is 4.98 Å². The van der Waals surface area contributed by atoms with Crippen molar-refractivity contribution in [3.05, 3.63) is 197 Å². The molecule has 49 heavy (non-hydrogen) atoms. The molecule has 0 amide bonds. The Morgan fingerprint density at radius 1 is 0.469 bits per heavy atom. The zero-order valence-corrected chi connectivity index (χ0v) is 27.7. The molecule has 1 aromatic heterocycles. The summed E-state index contributed by atoms with van der Waals surface area (Å²) in [6.07, 6.45) is 7.41. The Balaban J connectivity index is 1.27. The molecule has 9 rings (SSSR count). The number of nitrogens with zero attached hydrogens (tertiary/aromatic N) is 1. The molecule has 2 atom stereocenters. The van der Waals surface area contributed by atoms with Crippen molar-refractivity contribution in [3.63, 3.8) is 0 Å². The van der Waals surface area contributed by atoms with Gasteiger partial charge in [0.2, 0.25) is 0 Å². The van der Waals surface area contributed by atoms with Crippen LogP contribution in [0.1, 0.15) is 58.1 Å². The lowest BCUT2D eigenvalue weighted by atomic mass is 9.70. The van der Waals surface area contributed by atoms with Gasteiger partial charge in [-0.2, -0.15) is 0 Å². The molecule has 0 radical (unpaired) electrons. The van der Waals surface area contributed by atoms with Crippen molar-refractivity contribution < 1.29 is 0 Å². The molecule has 0 aliphatic heterocycles. The van der Waals surface area contributed by atoms with E-state index < -0.39 is 0 Å². The van der Waals surface area contributed by atoms with Crippen molar-refractivity contribution in [1.29, 1.82) is 0 Å². The first-order valence-corrected chi connectivity index (χ1v) is 17.8. The summed E-state index contributed by atoms with van der Waals surface area (Å²) in [6.45, 7) is 0. The van der Waals surface area contributed by atoms with Crippen LogP contribution in [0.2, 0.25) is 0 Å². The van der Waals surface area contributed by atoms with Crippen molar-refractivity contribution in [2.75, 3.05) is 0 Å². The van der Waals surface area contributed by atoms with E-state index in [0.717, 1.165) is 25.0 Å². The van der Waals surface area contributed by atoms with E-state index in [1.165, 1.54) is 73.0 Å². The zero-order chi connectivity index (χ0) is 32.6. The molecule has 7 aromatic carbocycles. The summed E-state index contributed by atoms with van der Waals surface area (Å²) in [6, 6.07) is 58.4. The summed E-state index contributed by atoms with van der Waals surface area (Å²) in [5.41, 5.74) is 10.9. The molecule has 2 unspecified atom stereocenters. The fourth-order valence-electron chi connectivity index (χ4n) is 8.53. The third kappa shape index (κ3) is 5.70. The quantitative estimate of drug-likeness (QED) is 0.160. The molecular weight excluding hydrogens is 591 g/mol. The topological polar surface area (TPSA) is 12.9 Å². The number of pyridine rings is 1.